The van der Waals surface area contributed by atoms with E-state index in [1.54, 1.807) is 0 Å². The highest BCUT2D eigenvalue weighted by atomic mass is 16.7. The van der Waals surface area contributed by atoms with Gasteiger partial charge in [-0.1, -0.05) is 104 Å². The first kappa shape index (κ1) is 40.8. The highest BCUT2D eigenvalue weighted by molar-refractivity contribution is 6.63. The Labute approximate surface area is 396 Å². The van der Waals surface area contributed by atoms with Crippen molar-refractivity contribution in [2.24, 2.45) is 0 Å². The molecule has 8 atom stereocenters. The van der Waals surface area contributed by atoms with Crippen molar-refractivity contribution in [3.63, 3.8) is 0 Å². The van der Waals surface area contributed by atoms with E-state index in [0.29, 0.717) is 0 Å². The predicted octanol–water partition coefficient (Wildman–Crippen LogP) is 5.49. The third-order valence-corrected chi connectivity index (χ3v) is 17.3. The van der Waals surface area contributed by atoms with Crippen LogP contribution in [-0.2, 0) is 58.9 Å². The topological polar surface area (TPSA) is 125 Å². The first-order valence-corrected chi connectivity index (χ1v) is 24.1. The Morgan fingerprint density at radius 2 is 0.544 bits per heavy atom. The number of aromatic nitrogens is 4. The van der Waals surface area contributed by atoms with Crippen LogP contribution in [-0.4, -0.2) is 72.8 Å². The summed E-state index contributed by atoms with van der Waals surface area (Å²) in [5.74, 6) is 0. The highest BCUT2D eigenvalue weighted by Crippen LogP contribution is 2.60. The lowest BCUT2D eigenvalue weighted by Crippen LogP contribution is -2.38. The molecule has 4 aromatic heterocycles. The van der Waals surface area contributed by atoms with Crippen molar-refractivity contribution >= 4 is 50.3 Å². The van der Waals surface area contributed by atoms with Crippen LogP contribution in [0.4, 0.5) is 0 Å². The smallest absolute Gasteiger partial charge is 0.400 e. The Bertz CT molecular complexity index is 2720. The Morgan fingerprint density at radius 3 is 0.735 bits per heavy atom. The molecular formula is C52H48B4N4O8. The summed E-state index contributed by atoms with van der Waals surface area (Å²) < 4.78 is 54.5. The van der Waals surface area contributed by atoms with E-state index in [-0.39, 0.29) is 70.5 Å². The summed E-state index contributed by atoms with van der Waals surface area (Å²) in [6.45, 7) is 18.0. The largest absolute Gasteiger partial charge is 0.496 e. The zero-order chi connectivity index (χ0) is 46.0. The zero-order valence-electron chi connectivity index (χ0n) is 39.2. The van der Waals surface area contributed by atoms with Gasteiger partial charge in [-0.3, -0.25) is 19.9 Å². The van der Waals surface area contributed by atoms with Crippen molar-refractivity contribution in [2.75, 3.05) is 0 Å². The van der Waals surface area contributed by atoms with E-state index in [1.807, 2.05) is 73.3 Å². The first-order valence-electron chi connectivity index (χ1n) is 24.1. The van der Waals surface area contributed by atoms with Gasteiger partial charge in [0.15, 0.2) is 0 Å². The predicted molar refractivity (Wildman–Crippen MR) is 256 cm³/mol. The fourth-order valence-corrected chi connectivity index (χ4v) is 13.4. The molecule has 28 bridgehead atoms. The molecular weight excluding hydrogens is 852 g/mol. The zero-order valence-corrected chi connectivity index (χ0v) is 39.2. The van der Waals surface area contributed by atoms with Gasteiger partial charge in [0.25, 0.3) is 0 Å². The molecule has 2 aromatic carbocycles. The number of hydrogen-bond donors (Lipinski definition) is 0. The van der Waals surface area contributed by atoms with E-state index in [2.05, 4.69) is 79.7 Å². The number of benzene rings is 2. The van der Waals surface area contributed by atoms with Crippen LogP contribution in [0.5, 0.6) is 0 Å². The molecule has 0 N–H and O–H groups in total. The molecule has 6 aromatic rings. The van der Waals surface area contributed by atoms with E-state index < -0.39 is 28.5 Å². The van der Waals surface area contributed by atoms with Gasteiger partial charge in [0.2, 0.25) is 0 Å². The molecule has 4 fully saturated rings. The molecule has 16 heteroatoms. The minimum atomic E-state index is -0.555. The van der Waals surface area contributed by atoms with Crippen molar-refractivity contribution in [2.45, 2.75) is 126 Å². The maximum Gasteiger partial charge on any atom is 0.496 e. The number of rotatable bonds is 0. The minimum Gasteiger partial charge on any atom is -0.400 e. The van der Waals surface area contributed by atoms with Crippen LogP contribution in [0.25, 0.3) is 22.8 Å². The van der Waals surface area contributed by atoms with Crippen LogP contribution >= 0.6 is 0 Å². The van der Waals surface area contributed by atoms with E-state index >= 15 is 0 Å². The SMILES string of the molecule is CC1(C)c2cc3c4cc2C2OB(OC21)c1ccc(nc1)-c1ccc(cn1)B1OC2c5cc6c(cc5C(C)(C)C2O1)C1OB(OC1C6(C)C)c1ccc(nc1)-c1ccc(cn1)B1OC3C(O1)C4(C)C. The van der Waals surface area contributed by atoms with Gasteiger partial charge in [0.05, 0.1) is 71.6 Å². The molecule has 8 unspecified atom stereocenters. The summed E-state index contributed by atoms with van der Waals surface area (Å²) in [4.78, 5) is 19.4. The molecule has 33 aliphatic rings. The maximum absolute atomic E-state index is 6.82. The molecule has 4 aliphatic carbocycles. The Kier molecular flexibility index (Phi) is 8.07. The molecule has 0 amide bonds. The van der Waals surface area contributed by atoms with E-state index in [0.717, 1.165) is 44.6 Å². The van der Waals surface area contributed by atoms with Crippen molar-refractivity contribution in [3.05, 3.63) is 142 Å². The summed E-state index contributed by atoms with van der Waals surface area (Å²) in [7, 11) is -2.22. The van der Waals surface area contributed by atoms with Gasteiger partial charge in [-0.25, -0.2) is 0 Å². The Hall–Kier alpha value is -5.02. The molecule has 33 heterocycles. The number of hydrogen-bond acceptors (Lipinski definition) is 12. The third kappa shape index (κ3) is 5.32. The van der Waals surface area contributed by atoms with Crippen LogP contribution in [0.2, 0.25) is 0 Å². The minimum absolute atomic E-state index is 0.177. The van der Waals surface area contributed by atoms with Gasteiger partial charge < -0.3 is 37.2 Å². The molecule has 336 valence electrons. The van der Waals surface area contributed by atoms with Gasteiger partial charge in [-0.15, -0.1) is 0 Å². The molecule has 0 spiro atoms. The van der Waals surface area contributed by atoms with Crippen LogP contribution in [0.3, 0.4) is 0 Å². The number of nitrogens with zero attached hydrogens (tertiary/aromatic N) is 4. The molecule has 0 radical (unpaired) electrons. The van der Waals surface area contributed by atoms with Gasteiger partial charge in [0, 0.05) is 68.3 Å². The normalized spacial score (nSPS) is 30.2. The van der Waals surface area contributed by atoms with E-state index in [1.165, 1.54) is 44.5 Å². The van der Waals surface area contributed by atoms with Crippen molar-refractivity contribution in [1.82, 2.24) is 19.9 Å². The van der Waals surface area contributed by atoms with Crippen LogP contribution in [0.1, 0.15) is 124 Å². The van der Waals surface area contributed by atoms with Crippen LogP contribution in [0.15, 0.2) is 97.6 Å². The fraction of sp³-hybridized carbons (Fsp3) is 0.385. The van der Waals surface area contributed by atoms with Gasteiger partial charge in [0.1, 0.15) is 0 Å². The first-order chi connectivity index (χ1) is 32.6. The summed E-state index contributed by atoms with van der Waals surface area (Å²) >= 11 is 0. The molecule has 29 aliphatic heterocycles. The second-order valence-corrected chi connectivity index (χ2v) is 22.6. The summed E-state index contributed by atoms with van der Waals surface area (Å²) in [6.07, 6.45) is 5.76. The summed E-state index contributed by atoms with van der Waals surface area (Å²) in [5, 5.41) is 0. The monoisotopic (exact) mass is 900 g/mol. The highest BCUT2D eigenvalue weighted by Gasteiger charge is 2.62. The van der Waals surface area contributed by atoms with Gasteiger partial charge >= 0.3 is 28.5 Å². The van der Waals surface area contributed by atoms with Crippen molar-refractivity contribution in [1.29, 1.82) is 0 Å². The summed E-state index contributed by atoms with van der Waals surface area (Å²) in [6, 6.07) is 25.4. The molecule has 0 saturated carbocycles. The van der Waals surface area contributed by atoms with Gasteiger partial charge in [-0.05, 0) is 68.8 Å². The van der Waals surface area contributed by atoms with Crippen LogP contribution < -0.4 is 21.9 Å². The third-order valence-electron chi connectivity index (χ3n) is 17.3. The molecule has 68 heavy (non-hydrogen) atoms. The second kappa shape index (κ2) is 13.4. The average molecular weight is 900 g/mol. The second-order valence-electron chi connectivity index (χ2n) is 22.6. The van der Waals surface area contributed by atoms with E-state index in [9.17, 15) is 0 Å². The quantitative estimate of drug-likeness (QED) is 0.179. The van der Waals surface area contributed by atoms with Crippen LogP contribution in [0, 0.1) is 0 Å². The average Bonchev–Trinajstić information content (AvgIpc) is 4.22. The lowest BCUT2D eigenvalue weighted by Gasteiger charge is -2.28. The standard InChI is InChI=1S/C52H48B4N4O8/c1-49(2)33-17-30-34-18-29(33)41-45(49)65-53(61-41)25-9-13-37(57-21-25)38-15-11-27(23-59-38)55-63-43-31-19-36-32(20-35(31)51(5,6)47(43)67-55)44-48(52(36,7)8)68-56(64-44)28-12-16-40(60-24-28)39-14-10-26(22-58-39)54-62-42(30)46(66-54)50(34,3)4/h9-24,41-48H,1-8H3. The van der Waals surface area contributed by atoms with Gasteiger partial charge in [-0.2, -0.15) is 0 Å². The lowest BCUT2D eigenvalue weighted by molar-refractivity contribution is 0.113. The molecule has 39 rings (SSSR count). The maximum atomic E-state index is 6.82. The number of pyridine rings is 4. The Balaban J connectivity index is 0.790. The van der Waals surface area contributed by atoms with E-state index in [4.69, 9.17) is 57.2 Å². The molecule has 4 saturated heterocycles. The lowest BCUT2D eigenvalue weighted by atomic mass is 9.77. The van der Waals surface area contributed by atoms with Crippen molar-refractivity contribution < 1.29 is 37.2 Å². The summed E-state index contributed by atoms with van der Waals surface area (Å²) in [5.41, 5.74) is 14.7. The Morgan fingerprint density at radius 1 is 0.324 bits per heavy atom. The van der Waals surface area contributed by atoms with Crippen molar-refractivity contribution in [3.8, 4) is 22.8 Å². The molecule has 12 nitrogen and oxygen atoms in total. The fourth-order valence-electron chi connectivity index (χ4n) is 13.4.